The van der Waals surface area contributed by atoms with E-state index in [1.54, 1.807) is 66.5 Å². The SMILES string of the molecule is COc1ccc(CN2CCc3c(C(=O)Oc4cc5c(s4)CCN(C(=O)c4ccccc4F)C5)nn(-c4ccc(OC)cc4)c3C2=O)cc1. The third kappa shape index (κ3) is 5.90. The van der Waals surface area contributed by atoms with Crippen LogP contribution in [-0.4, -0.2) is 64.7 Å². The molecule has 0 aliphatic carbocycles. The maximum absolute atomic E-state index is 14.3. The van der Waals surface area contributed by atoms with Gasteiger partial charge in [-0.25, -0.2) is 13.9 Å². The van der Waals surface area contributed by atoms with E-state index in [0.717, 1.165) is 21.8 Å². The summed E-state index contributed by atoms with van der Waals surface area (Å²) in [6, 6.07) is 22.3. The van der Waals surface area contributed by atoms with Gasteiger partial charge in [-0.1, -0.05) is 24.3 Å². The summed E-state index contributed by atoms with van der Waals surface area (Å²) in [4.78, 5) is 45.1. The maximum Gasteiger partial charge on any atom is 0.365 e. The monoisotopic (exact) mass is 666 g/mol. The summed E-state index contributed by atoms with van der Waals surface area (Å²) in [5.41, 5.74) is 3.30. The lowest BCUT2D eigenvalue weighted by atomic mass is 10.0. The Morgan fingerprint density at radius 3 is 2.33 bits per heavy atom. The molecule has 2 aromatic heterocycles. The molecule has 2 amide bonds. The molecule has 2 aliphatic heterocycles. The predicted octanol–water partition coefficient (Wildman–Crippen LogP) is 5.71. The first-order valence-electron chi connectivity index (χ1n) is 15.4. The second kappa shape index (κ2) is 13.0. The average molecular weight is 667 g/mol. The smallest absolute Gasteiger partial charge is 0.365 e. The number of thiophene rings is 1. The van der Waals surface area contributed by atoms with E-state index < -0.39 is 11.8 Å². The highest BCUT2D eigenvalue weighted by molar-refractivity contribution is 7.14. The summed E-state index contributed by atoms with van der Waals surface area (Å²) >= 11 is 1.33. The molecule has 0 bridgehead atoms. The Bertz CT molecular complexity index is 2020. The minimum atomic E-state index is -0.673. The molecule has 10 nitrogen and oxygen atoms in total. The van der Waals surface area contributed by atoms with Gasteiger partial charge in [-0.2, -0.15) is 5.10 Å². The number of benzene rings is 3. The zero-order valence-electron chi connectivity index (χ0n) is 26.3. The first-order valence-corrected chi connectivity index (χ1v) is 16.2. The topological polar surface area (TPSA) is 103 Å². The van der Waals surface area contributed by atoms with Gasteiger partial charge in [-0.3, -0.25) is 9.59 Å². The van der Waals surface area contributed by atoms with Crippen LogP contribution < -0.4 is 14.2 Å². The largest absolute Gasteiger partial charge is 0.497 e. The number of aromatic nitrogens is 2. The van der Waals surface area contributed by atoms with E-state index in [1.165, 1.54) is 28.2 Å². The van der Waals surface area contributed by atoms with Crippen molar-refractivity contribution in [3.8, 4) is 22.2 Å². The highest BCUT2D eigenvalue weighted by atomic mass is 32.1. The van der Waals surface area contributed by atoms with E-state index in [4.69, 9.17) is 14.2 Å². The van der Waals surface area contributed by atoms with Crippen LogP contribution in [0.15, 0.2) is 78.9 Å². The van der Waals surface area contributed by atoms with Crippen molar-refractivity contribution < 1.29 is 33.0 Å². The molecule has 0 unspecified atom stereocenters. The van der Waals surface area contributed by atoms with Crippen LogP contribution >= 0.6 is 11.3 Å². The number of ether oxygens (including phenoxy) is 3. The predicted molar refractivity (Wildman–Crippen MR) is 176 cm³/mol. The molecule has 0 saturated heterocycles. The summed E-state index contributed by atoms with van der Waals surface area (Å²) in [6.07, 6.45) is 0.962. The molecule has 48 heavy (non-hydrogen) atoms. The van der Waals surface area contributed by atoms with Crippen LogP contribution in [0.3, 0.4) is 0 Å². The van der Waals surface area contributed by atoms with Gasteiger partial charge < -0.3 is 24.0 Å². The number of nitrogens with zero attached hydrogens (tertiary/aromatic N) is 4. The molecule has 0 radical (unpaired) electrons. The van der Waals surface area contributed by atoms with Crippen molar-refractivity contribution in [3.63, 3.8) is 0 Å². The van der Waals surface area contributed by atoms with Gasteiger partial charge in [0.1, 0.15) is 23.0 Å². The average Bonchev–Trinajstić information content (AvgIpc) is 3.71. The van der Waals surface area contributed by atoms with Crippen LogP contribution in [0.1, 0.15) is 52.9 Å². The number of amides is 2. The number of methoxy groups -OCH3 is 2. The van der Waals surface area contributed by atoms with Gasteiger partial charge in [-0.15, -0.1) is 11.3 Å². The summed E-state index contributed by atoms with van der Waals surface area (Å²) in [5.74, 6) is -0.499. The molecule has 7 rings (SSSR count). The number of hydrogen-bond donors (Lipinski definition) is 0. The molecule has 0 saturated carbocycles. The molecule has 2 aliphatic rings. The number of esters is 1. The van der Waals surface area contributed by atoms with E-state index in [2.05, 4.69) is 5.10 Å². The van der Waals surface area contributed by atoms with E-state index in [9.17, 15) is 18.8 Å². The number of fused-ring (bicyclic) bond motifs is 2. The van der Waals surface area contributed by atoms with Gasteiger partial charge in [0.05, 0.1) is 25.5 Å². The second-order valence-electron chi connectivity index (χ2n) is 11.5. The molecule has 12 heteroatoms. The minimum Gasteiger partial charge on any atom is -0.497 e. The lowest BCUT2D eigenvalue weighted by Crippen LogP contribution is -2.38. The fourth-order valence-corrected chi connectivity index (χ4v) is 7.06. The van der Waals surface area contributed by atoms with Gasteiger partial charge in [-0.05, 0) is 78.6 Å². The zero-order chi connectivity index (χ0) is 33.4. The van der Waals surface area contributed by atoms with Gasteiger partial charge in [0.15, 0.2) is 10.8 Å². The molecule has 244 valence electrons. The normalized spacial score (nSPS) is 13.9. The summed E-state index contributed by atoms with van der Waals surface area (Å²) in [7, 11) is 3.17. The highest BCUT2D eigenvalue weighted by Gasteiger charge is 2.36. The van der Waals surface area contributed by atoms with Crippen LogP contribution in [-0.2, 0) is 25.9 Å². The number of hydrogen-bond acceptors (Lipinski definition) is 8. The first kappa shape index (κ1) is 31.1. The quantitative estimate of drug-likeness (QED) is 0.196. The fraction of sp³-hybridized carbons (Fsp3) is 0.222. The Kier molecular flexibility index (Phi) is 8.40. The molecular weight excluding hydrogens is 635 g/mol. The zero-order valence-corrected chi connectivity index (χ0v) is 27.1. The lowest BCUT2D eigenvalue weighted by molar-refractivity contribution is 0.0710. The van der Waals surface area contributed by atoms with Crippen molar-refractivity contribution in [3.05, 3.63) is 123 Å². The fourth-order valence-electron chi connectivity index (χ4n) is 6.06. The standard InChI is InChI=1S/C36H31FN4O6S/c1-45-25-11-7-22(8-12-25)20-39-17-15-28-32(38-41(33(28)35(39)43)24-9-13-26(46-2)14-10-24)36(44)47-31-19-23-21-40(18-16-30(23)48-31)34(42)27-5-3-4-6-29(27)37/h3-14,19H,15-18,20-21H2,1-2H3. The van der Waals surface area contributed by atoms with Crippen molar-refractivity contribution in [2.45, 2.75) is 25.9 Å². The van der Waals surface area contributed by atoms with Crippen molar-refractivity contribution in [2.24, 2.45) is 0 Å². The van der Waals surface area contributed by atoms with Crippen LogP contribution in [0.4, 0.5) is 4.39 Å². The van der Waals surface area contributed by atoms with Crippen LogP contribution in [0.5, 0.6) is 16.6 Å². The van der Waals surface area contributed by atoms with Crippen LogP contribution in [0.2, 0.25) is 0 Å². The second-order valence-corrected chi connectivity index (χ2v) is 12.6. The van der Waals surface area contributed by atoms with Crippen LogP contribution in [0, 0.1) is 5.82 Å². The molecule has 4 heterocycles. The first-order chi connectivity index (χ1) is 23.3. The van der Waals surface area contributed by atoms with Crippen molar-refractivity contribution in [1.29, 1.82) is 0 Å². The van der Waals surface area contributed by atoms with Gasteiger partial charge in [0.2, 0.25) is 0 Å². The van der Waals surface area contributed by atoms with Crippen molar-refractivity contribution in [2.75, 3.05) is 27.3 Å². The maximum atomic E-state index is 14.3. The van der Waals surface area contributed by atoms with E-state index in [1.807, 2.05) is 24.3 Å². The van der Waals surface area contributed by atoms with Gasteiger partial charge in [0, 0.05) is 36.6 Å². The molecule has 3 aromatic carbocycles. The Morgan fingerprint density at radius 2 is 1.62 bits per heavy atom. The summed E-state index contributed by atoms with van der Waals surface area (Å²) in [6.45, 7) is 1.47. The summed E-state index contributed by atoms with van der Waals surface area (Å²) < 4.78 is 32.2. The third-order valence-electron chi connectivity index (χ3n) is 8.58. The van der Waals surface area contributed by atoms with E-state index in [0.29, 0.717) is 60.2 Å². The number of halogens is 1. The third-order valence-corrected chi connectivity index (χ3v) is 9.69. The highest BCUT2D eigenvalue weighted by Crippen LogP contribution is 2.35. The molecular formula is C36H31FN4O6S. The van der Waals surface area contributed by atoms with Crippen LogP contribution in [0.25, 0.3) is 5.69 Å². The van der Waals surface area contributed by atoms with E-state index in [-0.39, 0.29) is 29.6 Å². The molecule has 0 spiro atoms. The van der Waals surface area contributed by atoms with Gasteiger partial charge in [0.25, 0.3) is 11.8 Å². The van der Waals surface area contributed by atoms with Crippen molar-refractivity contribution >= 4 is 29.1 Å². The Labute approximate surface area is 279 Å². The van der Waals surface area contributed by atoms with Gasteiger partial charge >= 0.3 is 5.97 Å². The number of carbonyl (C=O) groups is 3. The Morgan fingerprint density at radius 1 is 0.917 bits per heavy atom. The van der Waals surface area contributed by atoms with Crippen molar-refractivity contribution in [1.82, 2.24) is 19.6 Å². The lowest BCUT2D eigenvalue weighted by Gasteiger charge is -2.27. The number of carbonyl (C=O) groups excluding carboxylic acids is 3. The minimum absolute atomic E-state index is 0.0252. The molecule has 5 aromatic rings. The number of rotatable bonds is 8. The molecule has 0 fully saturated rings. The van der Waals surface area contributed by atoms with E-state index >= 15 is 0 Å². The Hall–Kier alpha value is -5.49. The summed E-state index contributed by atoms with van der Waals surface area (Å²) in [5, 5.41) is 5.00. The molecule has 0 atom stereocenters. The molecule has 0 N–H and O–H groups in total. The Balaban J connectivity index is 1.15.